The van der Waals surface area contributed by atoms with Gasteiger partial charge in [-0.15, -0.1) is 0 Å². The second-order valence-corrected chi connectivity index (χ2v) is 9.28. The van der Waals surface area contributed by atoms with E-state index in [0.717, 1.165) is 6.92 Å². The lowest BCUT2D eigenvalue weighted by atomic mass is 9.95. The number of hydrogen-bond donors (Lipinski definition) is 2. The van der Waals surface area contributed by atoms with Crippen molar-refractivity contribution in [1.29, 1.82) is 0 Å². The van der Waals surface area contributed by atoms with E-state index in [4.69, 9.17) is 23.2 Å². The number of nitrogens with one attached hydrogen (secondary N) is 2. The van der Waals surface area contributed by atoms with Crippen LogP contribution < -0.4 is 10.6 Å². The molecule has 2 atom stereocenters. The van der Waals surface area contributed by atoms with Crippen molar-refractivity contribution in [2.24, 2.45) is 0 Å². The van der Waals surface area contributed by atoms with Gasteiger partial charge in [-0.2, -0.15) is 39.5 Å². The van der Waals surface area contributed by atoms with Crippen LogP contribution in [0, 0.1) is 5.82 Å². The molecule has 2 rings (SSSR count). The quantitative estimate of drug-likeness (QED) is 0.172. The highest BCUT2D eigenvalue weighted by atomic mass is 35.5. The van der Waals surface area contributed by atoms with Gasteiger partial charge in [0.15, 0.2) is 5.82 Å². The smallest absolute Gasteiger partial charge is 0.336 e. The van der Waals surface area contributed by atoms with Crippen LogP contribution in [-0.4, -0.2) is 30.3 Å². The van der Waals surface area contributed by atoms with Crippen molar-refractivity contribution in [3.8, 4) is 0 Å². The van der Waals surface area contributed by atoms with Crippen molar-refractivity contribution < 1.29 is 57.9 Å². The minimum absolute atomic E-state index is 0.0609. The topological polar surface area (TPSA) is 58.2 Å². The van der Waals surface area contributed by atoms with E-state index in [0.29, 0.717) is 24.3 Å². The highest BCUT2D eigenvalue weighted by molar-refractivity contribution is 6.35. The summed E-state index contributed by atoms with van der Waals surface area (Å²) in [7, 11) is 0. The number of rotatable bonds is 8. The number of carbonyl (C=O) groups excluding carboxylic acids is 2. The summed E-state index contributed by atoms with van der Waals surface area (Å²) in [5, 5.41) is 2.20. The fraction of sp³-hybridized carbons (Fsp3) is 0.333. The molecule has 0 fully saturated rings. The van der Waals surface area contributed by atoms with Gasteiger partial charge in [0.05, 0.1) is 33.8 Å². The van der Waals surface area contributed by atoms with E-state index in [1.807, 2.05) is 10.6 Å². The van der Waals surface area contributed by atoms with Gasteiger partial charge < -0.3 is 10.6 Å². The van der Waals surface area contributed by atoms with Gasteiger partial charge in [-0.3, -0.25) is 9.59 Å². The lowest BCUT2D eigenvalue weighted by Gasteiger charge is -2.20. The summed E-state index contributed by atoms with van der Waals surface area (Å²) in [4.78, 5) is 24.0. The van der Waals surface area contributed by atoms with Crippen molar-refractivity contribution in [3.63, 3.8) is 0 Å². The van der Waals surface area contributed by atoms with Crippen molar-refractivity contribution in [3.05, 3.63) is 74.5 Å². The van der Waals surface area contributed by atoms with Gasteiger partial charge in [0.2, 0.25) is 5.91 Å². The third-order valence-corrected chi connectivity index (χ3v) is 5.79. The Morgan fingerprint density at radius 1 is 0.927 bits per heavy atom. The van der Waals surface area contributed by atoms with E-state index in [1.54, 1.807) is 0 Å². The third-order valence-electron chi connectivity index (χ3n) is 5.24. The lowest BCUT2D eigenvalue weighted by Crippen LogP contribution is -2.46. The fourth-order valence-corrected chi connectivity index (χ4v) is 3.89. The molecule has 2 unspecified atom stereocenters. The standard InChI is InChI=1S/C24H17Cl2F11N2O2/c1-10(38-19(40)4-5-22(29,30)31)39-21(41)13-3-2-11(6-15(13)24(35,36)37)18(27)9-14(23(32,33)34)12-7-16(25)20(28)17(26)8-12/h2-3,6-10,14H,4-5H2,1H3,(H,38,40)(H,39,41)/b18-9-. The van der Waals surface area contributed by atoms with E-state index in [9.17, 15) is 57.9 Å². The normalized spacial score (nSPS) is 14.4. The monoisotopic (exact) mass is 644 g/mol. The number of halogens is 13. The molecule has 226 valence electrons. The van der Waals surface area contributed by atoms with Crippen molar-refractivity contribution in [1.82, 2.24) is 10.6 Å². The first-order chi connectivity index (χ1) is 18.6. The van der Waals surface area contributed by atoms with Crippen LogP contribution in [0.5, 0.6) is 0 Å². The van der Waals surface area contributed by atoms with Gasteiger partial charge in [-0.25, -0.2) is 8.78 Å². The molecule has 0 aliphatic heterocycles. The average Bonchev–Trinajstić information content (AvgIpc) is 2.82. The van der Waals surface area contributed by atoms with E-state index in [-0.39, 0.29) is 12.1 Å². The van der Waals surface area contributed by atoms with Crippen LogP contribution >= 0.6 is 23.2 Å². The molecule has 4 nitrogen and oxygen atoms in total. The first-order valence-electron chi connectivity index (χ1n) is 11.1. The zero-order chi connectivity index (χ0) is 31.5. The molecule has 17 heteroatoms. The maximum Gasteiger partial charge on any atom is 0.417 e. The first-order valence-corrected chi connectivity index (χ1v) is 11.8. The molecule has 0 aliphatic rings. The molecule has 2 amide bonds. The number of alkyl halides is 9. The molecule has 0 radical (unpaired) electrons. The number of allylic oxidation sites excluding steroid dienone is 1. The van der Waals surface area contributed by atoms with Crippen LogP contribution in [-0.2, 0) is 11.0 Å². The third kappa shape index (κ3) is 9.76. The molecule has 41 heavy (non-hydrogen) atoms. The van der Waals surface area contributed by atoms with Crippen molar-refractivity contribution in [2.45, 2.75) is 50.4 Å². The van der Waals surface area contributed by atoms with E-state index in [1.165, 1.54) is 0 Å². The summed E-state index contributed by atoms with van der Waals surface area (Å²) in [6, 6.07) is 2.12. The van der Waals surface area contributed by atoms with Crippen LogP contribution in [0.15, 0.2) is 36.4 Å². The molecule has 0 spiro atoms. The van der Waals surface area contributed by atoms with E-state index < -0.39 is 99.2 Å². The number of carbonyl (C=O) groups is 2. The Hall–Kier alpha value is -3.07. The van der Waals surface area contributed by atoms with Crippen LogP contribution in [0.3, 0.4) is 0 Å². The number of amides is 2. The summed E-state index contributed by atoms with van der Waals surface area (Å²) < 4.78 is 147. The summed E-state index contributed by atoms with van der Waals surface area (Å²) >= 11 is 11.0. The maximum absolute atomic E-state index is 14.9. The molecule has 0 saturated heterocycles. The lowest BCUT2D eigenvalue weighted by molar-refractivity contribution is -0.144. The predicted molar refractivity (Wildman–Crippen MR) is 126 cm³/mol. The van der Waals surface area contributed by atoms with Gasteiger partial charge in [0.1, 0.15) is 11.7 Å². The second kappa shape index (κ2) is 12.8. The van der Waals surface area contributed by atoms with E-state index in [2.05, 4.69) is 0 Å². The highest BCUT2D eigenvalue weighted by Crippen LogP contribution is 2.41. The Balaban J connectivity index is 2.39. The molecule has 2 N–H and O–H groups in total. The first kappa shape index (κ1) is 34.1. The van der Waals surface area contributed by atoms with Crippen LogP contribution in [0.2, 0.25) is 10.0 Å². The van der Waals surface area contributed by atoms with Crippen LogP contribution in [0.4, 0.5) is 48.3 Å². The molecule has 0 bridgehead atoms. The molecular weight excluding hydrogens is 628 g/mol. The van der Waals surface area contributed by atoms with Gasteiger partial charge >= 0.3 is 18.5 Å². The Morgan fingerprint density at radius 2 is 1.49 bits per heavy atom. The fourth-order valence-electron chi connectivity index (χ4n) is 3.38. The molecule has 0 saturated carbocycles. The minimum Gasteiger partial charge on any atom is -0.336 e. The molecule has 0 aliphatic carbocycles. The summed E-state index contributed by atoms with van der Waals surface area (Å²) in [6.07, 6.45) is -19.3. The van der Waals surface area contributed by atoms with E-state index >= 15 is 0 Å². The van der Waals surface area contributed by atoms with Crippen molar-refractivity contribution >= 4 is 40.8 Å². The second-order valence-electron chi connectivity index (χ2n) is 8.47. The zero-order valence-corrected chi connectivity index (χ0v) is 21.8. The molecule has 0 aromatic heterocycles. The number of hydrogen-bond acceptors (Lipinski definition) is 2. The molecular formula is C24H17Cl2F11N2O2. The Kier molecular flexibility index (Phi) is 10.7. The van der Waals surface area contributed by atoms with Gasteiger partial charge in [-0.1, -0.05) is 29.3 Å². The maximum atomic E-state index is 14.9. The zero-order valence-electron chi connectivity index (χ0n) is 20.3. The number of benzene rings is 2. The highest BCUT2D eigenvalue weighted by Gasteiger charge is 2.41. The average molecular weight is 645 g/mol. The largest absolute Gasteiger partial charge is 0.417 e. The summed E-state index contributed by atoms with van der Waals surface area (Å²) in [5.41, 5.74) is -4.74. The Morgan fingerprint density at radius 3 is 1.98 bits per heavy atom. The van der Waals surface area contributed by atoms with Crippen LogP contribution in [0.1, 0.15) is 52.7 Å². The predicted octanol–water partition coefficient (Wildman–Crippen LogP) is 8.34. The summed E-state index contributed by atoms with van der Waals surface area (Å²) in [5.74, 6) is -8.53. The Labute approximate surface area is 234 Å². The van der Waals surface area contributed by atoms with Gasteiger partial charge in [0.25, 0.3) is 5.91 Å². The van der Waals surface area contributed by atoms with Crippen LogP contribution in [0.25, 0.3) is 5.83 Å². The van der Waals surface area contributed by atoms with Gasteiger partial charge in [0, 0.05) is 12.0 Å². The summed E-state index contributed by atoms with van der Waals surface area (Å²) in [6.45, 7) is 1.04. The molecule has 2 aromatic carbocycles. The SMILES string of the molecule is CC(NC(=O)CCC(F)(F)F)NC(=O)c1ccc(/C(F)=C/C(c2cc(Cl)c(F)c(Cl)c2)C(F)(F)F)cc1C(F)(F)F. The van der Waals surface area contributed by atoms with Gasteiger partial charge in [-0.05, 0) is 42.8 Å². The Bertz CT molecular complexity index is 1300. The minimum atomic E-state index is -5.33. The van der Waals surface area contributed by atoms with Crippen molar-refractivity contribution in [2.75, 3.05) is 0 Å². The molecule has 0 heterocycles. The molecule has 2 aromatic rings.